The number of carboxylic acid groups (broad SMARTS) is 1. The number of nitrogens with one attached hydrogen (secondary N) is 1. The molecular formula is C26H26N4O6. The Balaban J connectivity index is 1.72. The maximum Gasteiger partial charge on any atom is 0.408 e. The number of amides is 1. The third kappa shape index (κ3) is 5.77. The molecule has 0 bridgehead atoms. The zero-order chi connectivity index (χ0) is 25.9. The Bertz CT molecular complexity index is 1360. The Hall–Kier alpha value is -4.47. The molecule has 0 fully saturated rings. The van der Waals surface area contributed by atoms with Crippen molar-refractivity contribution in [2.24, 2.45) is 0 Å². The Morgan fingerprint density at radius 3 is 2.31 bits per heavy atom. The first-order valence-corrected chi connectivity index (χ1v) is 11.2. The van der Waals surface area contributed by atoms with Crippen molar-refractivity contribution in [3.05, 3.63) is 78.0 Å². The van der Waals surface area contributed by atoms with Crippen LogP contribution in [0.1, 0.15) is 49.5 Å². The van der Waals surface area contributed by atoms with Crippen molar-refractivity contribution in [3.8, 4) is 22.9 Å². The van der Waals surface area contributed by atoms with E-state index < -0.39 is 23.2 Å². The van der Waals surface area contributed by atoms with Crippen LogP contribution >= 0.6 is 0 Å². The van der Waals surface area contributed by atoms with E-state index in [1.165, 1.54) is 24.6 Å². The molecule has 0 aliphatic rings. The number of carbonyl (C=O) groups is 2. The molecule has 186 valence electrons. The van der Waals surface area contributed by atoms with Crippen LogP contribution in [0.5, 0.6) is 0 Å². The fourth-order valence-electron chi connectivity index (χ4n) is 3.63. The number of hydrogen-bond acceptors (Lipinski definition) is 8. The van der Waals surface area contributed by atoms with E-state index >= 15 is 0 Å². The second-order valence-electron chi connectivity index (χ2n) is 9.48. The lowest BCUT2D eigenvalue weighted by Crippen LogP contribution is -2.47. The molecule has 36 heavy (non-hydrogen) atoms. The van der Waals surface area contributed by atoms with Crippen LogP contribution in [0.3, 0.4) is 0 Å². The highest BCUT2D eigenvalue weighted by Gasteiger charge is 2.36. The van der Waals surface area contributed by atoms with Crippen molar-refractivity contribution in [2.75, 3.05) is 0 Å². The highest BCUT2D eigenvalue weighted by molar-refractivity contribution is 5.91. The Morgan fingerprint density at radius 2 is 1.69 bits per heavy atom. The van der Waals surface area contributed by atoms with Crippen molar-refractivity contribution in [1.82, 2.24) is 20.5 Å². The van der Waals surface area contributed by atoms with Crippen LogP contribution in [0.2, 0.25) is 0 Å². The molecule has 2 aromatic heterocycles. The molecule has 4 aromatic rings. The predicted molar refractivity (Wildman–Crippen MR) is 129 cm³/mol. The number of oxazole rings is 1. The summed E-state index contributed by atoms with van der Waals surface area (Å²) in [5, 5.41) is 20.8. The quantitative estimate of drug-likeness (QED) is 0.363. The monoisotopic (exact) mass is 490 g/mol. The molecule has 10 nitrogen and oxygen atoms in total. The van der Waals surface area contributed by atoms with E-state index in [-0.39, 0.29) is 23.2 Å². The Labute approximate surface area is 207 Å². The summed E-state index contributed by atoms with van der Waals surface area (Å²) < 4.78 is 16.8. The van der Waals surface area contributed by atoms with E-state index in [0.29, 0.717) is 17.5 Å². The largest absolute Gasteiger partial charge is 0.478 e. The van der Waals surface area contributed by atoms with Crippen molar-refractivity contribution in [3.63, 3.8) is 0 Å². The number of nitrogens with zero attached hydrogens (tertiary/aromatic N) is 3. The minimum atomic E-state index is -1.13. The average Bonchev–Trinajstić information content (AvgIpc) is 3.51. The van der Waals surface area contributed by atoms with Gasteiger partial charge in [-0.25, -0.2) is 14.6 Å². The van der Waals surface area contributed by atoms with Gasteiger partial charge < -0.3 is 24.0 Å². The number of benzene rings is 2. The van der Waals surface area contributed by atoms with Gasteiger partial charge in [0, 0.05) is 17.5 Å². The van der Waals surface area contributed by atoms with E-state index in [1.807, 2.05) is 30.3 Å². The van der Waals surface area contributed by atoms with E-state index in [9.17, 15) is 14.7 Å². The number of ether oxygens (including phenoxy) is 1. The first-order valence-electron chi connectivity index (χ1n) is 11.2. The summed E-state index contributed by atoms with van der Waals surface area (Å²) in [5.41, 5.74) is -0.0974. The summed E-state index contributed by atoms with van der Waals surface area (Å²) in [6.45, 7) is 7.07. The highest BCUT2D eigenvalue weighted by Crippen LogP contribution is 2.31. The van der Waals surface area contributed by atoms with Crippen LogP contribution in [0.4, 0.5) is 4.79 Å². The summed E-state index contributed by atoms with van der Waals surface area (Å²) in [4.78, 5) is 28.5. The maximum absolute atomic E-state index is 12.7. The standard InChI is InChI=1S/C26H26N4O6/c1-25(2,3)36-24(33)28-26(4,15-16-8-6-5-7-9-16)23-30-29-21(35-23)18-12-17(20-27-10-11-34-20)13-19(14-18)22(31)32/h5-14H,15H2,1-4H3,(H,28,33)(H,31,32)/t26-/m1/s1. The molecule has 2 N–H and O–H groups in total. The first kappa shape index (κ1) is 24.6. The van der Waals surface area contributed by atoms with Gasteiger partial charge in [-0.2, -0.15) is 0 Å². The normalized spacial score (nSPS) is 13.1. The molecule has 0 aliphatic heterocycles. The van der Waals surface area contributed by atoms with Crippen LogP contribution in [0, 0.1) is 0 Å². The molecule has 0 saturated heterocycles. The fourth-order valence-corrected chi connectivity index (χ4v) is 3.63. The number of aromatic nitrogens is 3. The van der Waals surface area contributed by atoms with Gasteiger partial charge in [0.2, 0.25) is 17.7 Å². The topological polar surface area (TPSA) is 141 Å². The second kappa shape index (κ2) is 9.65. The molecule has 1 amide bonds. The molecular weight excluding hydrogens is 464 g/mol. The molecule has 2 aromatic carbocycles. The SMILES string of the molecule is CC(C)(C)OC(=O)N[C@](C)(Cc1ccccc1)c1nnc(-c2cc(C(=O)O)cc(-c3ncco3)c2)o1. The maximum atomic E-state index is 12.7. The van der Waals surface area contributed by atoms with Crippen molar-refractivity contribution in [1.29, 1.82) is 0 Å². The van der Waals surface area contributed by atoms with Gasteiger partial charge in [0.1, 0.15) is 17.4 Å². The van der Waals surface area contributed by atoms with Crippen molar-refractivity contribution < 1.29 is 28.3 Å². The van der Waals surface area contributed by atoms with Crippen LogP contribution in [0.25, 0.3) is 22.9 Å². The van der Waals surface area contributed by atoms with Gasteiger partial charge >= 0.3 is 12.1 Å². The van der Waals surface area contributed by atoms with Crippen molar-refractivity contribution in [2.45, 2.75) is 45.3 Å². The molecule has 10 heteroatoms. The molecule has 0 unspecified atom stereocenters. The number of carboxylic acids is 1. The van der Waals surface area contributed by atoms with Crippen LogP contribution in [-0.4, -0.2) is 38.0 Å². The van der Waals surface area contributed by atoms with Gasteiger partial charge in [-0.15, -0.1) is 10.2 Å². The van der Waals surface area contributed by atoms with Gasteiger partial charge in [-0.05, 0) is 51.5 Å². The predicted octanol–water partition coefficient (Wildman–Crippen LogP) is 5.07. The third-order valence-electron chi connectivity index (χ3n) is 5.18. The molecule has 4 rings (SSSR count). The lowest BCUT2D eigenvalue weighted by molar-refractivity contribution is 0.0443. The number of aromatic carboxylic acids is 1. The average molecular weight is 491 g/mol. The zero-order valence-corrected chi connectivity index (χ0v) is 20.3. The highest BCUT2D eigenvalue weighted by atomic mass is 16.6. The van der Waals surface area contributed by atoms with Crippen LogP contribution in [0.15, 0.2) is 69.8 Å². The minimum absolute atomic E-state index is 0.000577. The van der Waals surface area contributed by atoms with Crippen molar-refractivity contribution >= 4 is 12.1 Å². The Morgan fingerprint density at radius 1 is 1.00 bits per heavy atom. The van der Waals surface area contributed by atoms with Crippen LogP contribution < -0.4 is 5.32 Å². The smallest absolute Gasteiger partial charge is 0.408 e. The molecule has 0 saturated carbocycles. The molecule has 1 atom stereocenters. The summed E-state index contributed by atoms with van der Waals surface area (Å²) in [7, 11) is 0. The van der Waals surface area contributed by atoms with Gasteiger partial charge in [-0.3, -0.25) is 0 Å². The second-order valence-corrected chi connectivity index (χ2v) is 9.48. The summed E-state index contributed by atoms with van der Waals surface area (Å²) in [6, 6.07) is 14.0. The van der Waals surface area contributed by atoms with Gasteiger partial charge in [0.25, 0.3) is 0 Å². The lowest BCUT2D eigenvalue weighted by atomic mass is 9.92. The zero-order valence-electron chi connectivity index (χ0n) is 20.3. The molecule has 2 heterocycles. The van der Waals surface area contributed by atoms with Gasteiger partial charge in [0.15, 0.2) is 0 Å². The summed E-state index contributed by atoms with van der Waals surface area (Å²) in [5.74, 6) is -0.679. The lowest BCUT2D eigenvalue weighted by Gasteiger charge is -2.29. The van der Waals surface area contributed by atoms with E-state index in [2.05, 4.69) is 20.5 Å². The molecule has 0 radical (unpaired) electrons. The fraction of sp³-hybridized carbons (Fsp3) is 0.269. The number of alkyl carbamates (subject to hydrolysis) is 1. The first-order chi connectivity index (χ1) is 17.0. The van der Waals surface area contributed by atoms with E-state index in [4.69, 9.17) is 13.6 Å². The summed E-state index contributed by atoms with van der Waals surface area (Å²) >= 11 is 0. The molecule has 0 spiro atoms. The van der Waals surface area contributed by atoms with E-state index in [1.54, 1.807) is 33.8 Å². The van der Waals surface area contributed by atoms with E-state index in [0.717, 1.165) is 5.56 Å². The van der Waals surface area contributed by atoms with Crippen LogP contribution in [-0.2, 0) is 16.7 Å². The Kier molecular flexibility index (Phi) is 6.61. The summed E-state index contributed by atoms with van der Waals surface area (Å²) in [6.07, 6.45) is 2.56. The molecule has 0 aliphatic carbocycles. The van der Waals surface area contributed by atoms with Gasteiger partial charge in [0.05, 0.1) is 11.8 Å². The number of hydrogen-bond donors (Lipinski definition) is 2. The van der Waals surface area contributed by atoms with Gasteiger partial charge in [-0.1, -0.05) is 30.3 Å². The number of rotatable bonds is 7. The third-order valence-corrected chi connectivity index (χ3v) is 5.18. The minimum Gasteiger partial charge on any atom is -0.478 e. The number of carbonyl (C=O) groups excluding carboxylic acids is 1.